The van der Waals surface area contributed by atoms with E-state index in [-0.39, 0.29) is 4.90 Å². The minimum Gasteiger partial charge on any atom is -0.282 e. The summed E-state index contributed by atoms with van der Waals surface area (Å²) in [6.07, 6.45) is 0. The fourth-order valence-electron chi connectivity index (χ4n) is 0.771. The van der Waals surface area contributed by atoms with E-state index < -0.39 is 10.1 Å². The first-order chi connectivity index (χ1) is 5.82. The van der Waals surface area contributed by atoms with E-state index in [9.17, 15) is 8.42 Å². The van der Waals surface area contributed by atoms with Crippen molar-refractivity contribution in [2.24, 2.45) is 0 Å². The Balaban J connectivity index is 3.47. The Morgan fingerprint density at radius 3 is 2.38 bits per heavy atom. The molecule has 1 aromatic carbocycles. The van der Waals surface area contributed by atoms with Gasteiger partial charge in [0.1, 0.15) is 0 Å². The molecular weight excluding hydrogens is 279 g/mol. The van der Waals surface area contributed by atoms with Crippen LogP contribution in [0.25, 0.3) is 0 Å². The molecule has 0 spiro atoms. The molecule has 0 amide bonds. The van der Waals surface area contributed by atoms with Crippen LogP contribution in [-0.2, 0) is 10.1 Å². The Bertz CT molecular complexity index is 418. The van der Waals surface area contributed by atoms with Gasteiger partial charge in [0.25, 0.3) is 10.1 Å². The summed E-state index contributed by atoms with van der Waals surface area (Å²) in [5.41, 5.74) is 0.731. The maximum atomic E-state index is 10.7. The van der Waals surface area contributed by atoms with Gasteiger partial charge in [-0.3, -0.25) is 4.55 Å². The molecule has 0 radical (unpaired) electrons. The molecule has 0 saturated heterocycles. The van der Waals surface area contributed by atoms with Crippen LogP contribution in [-0.4, -0.2) is 13.0 Å². The van der Waals surface area contributed by atoms with E-state index in [4.69, 9.17) is 16.2 Å². The van der Waals surface area contributed by atoms with E-state index in [2.05, 4.69) is 15.9 Å². The van der Waals surface area contributed by atoms with Gasteiger partial charge in [-0.1, -0.05) is 27.5 Å². The molecule has 1 N–H and O–H groups in total. The third kappa shape index (κ3) is 2.43. The molecule has 0 saturated carbocycles. The summed E-state index contributed by atoms with van der Waals surface area (Å²) in [6.45, 7) is 1.74. The lowest BCUT2D eigenvalue weighted by Crippen LogP contribution is -1.98. The summed E-state index contributed by atoms with van der Waals surface area (Å²) in [7, 11) is -4.18. The first-order valence-electron chi connectivity index (χ1n) is 3.25. The van der Waals surface area contributed by atoms with Crippen LogP contribution < -0.4 is 0 Å². The minimum atomic E-state index is -4.18. The Morgan fingerprint density at radius 2 is 2.00 bits per heavy atom. The zero-order valence-electron chi connectivity index (χ0n) is 6.58. The zero-order valence-corrected chi connectivity index (χ0v) is 9.74. The molecule has 0 heterocycles. The van der Waals surface area contributed by atoms with E-state index in [0.29, 0.717) is 9.50 Å². The molecule has 0 unspecified atom stereocenters. The molecule has 3 nitrogen and oxygen atoms in total. The summed E-state index contributed by atoms with van der Waals surface area (Å²) in [4.78, 5) is -0.213. The zero-order chi connectivity index (χ0) is 10.2. The van der Waals surface area contributed by atoms with Crippen molar-refractivity contribution in [1.82, 2.24) is 0 Å². The first kappa shape index (κ1) is 11.0. The molecular formula is C7H6BrClO3S. The topological polar surface area (TPSA) is 54.4 Å². The number of benzene rings is 1. The fourth-order valence-corrected chi connectivity index (χ4v) is 2.31. The molecule has 0 aliphatic carbocycles. The van der Waals surface area contributed by atoms with Crippen LogP contribution in [0.1, 0.15) is 5.56 Å². The van der Waals surface area contributed by atoms with Crippen LogP contribution in [0.3, 0.4) is 0 Å². The summed E-state index contributed by atoms with van der Waals surface area (Å²) >= 11 is 8.85. The Morgan fingerprint density at radius 1 is 1.46 bits per heavy atom. The number of rotatable bonds is 1. The normalized spacial score (nSPS) is 11.7. The lowest BCUT2D eigenvalue weighted by molar-refractivity contribution is 0.483. The third-order valence-corrected chi connectivity index (χ3v) is 3.60. The van der Waals surface area contributed by atoms with Gasteiger partial charge in [-0.05, 0) is 24.6 Å². The van der Waals surface area contributed by atoms with Crippen molar-refractivity contribution >= 4 is 37.6 Å². The van der Waals surface area contributed by atoms with Gasteiger partial charge < -0.3 is 0 Å². The fraction of sp³-hybridized carbons (Fsp3) is 0.143. The molecule has 6 heteroatoms. The van der Waals surface area contributed by atoms with Gasteiger partial charge in [0, 0.05) is 9.50 Å². The average Bonchev–Trinajstić information content (AvgIpc) is 1.97. The summed E-state index contributed by atoms with van der Waals surface area (Å²) < 4.78 is 30.7. The Kier molecular flexibility index (Phi) is 3.01. The molecule has 1 rings (SSSR count). The lowest BCUT2D eigenvalue weighted by atomic mass is 10.2. The summed E-state index contributed by atoms with van der Waals surface area (Å²) in [6, 6.07) is 2.51. The molecule has 72 valence electrons. The highest BCUT2D eigenvalue weighted by Crippen LogP contribution is 2.27. The molecule has 0 atom stereocenters. The van der Waals surface area contributed by atoms with Gasteiger partial charge in [-0.15, -0.1) is 0 Å². The Hall–Kier alpha value is -0.100. The van der Waals surface area contributed by atoms with E-state index in [0.717, 1.165) is 5.56 Å². The number of halogens is 2. The average molecular weight is 286 g/mol. The van der Waals surface area contributed by atoms with Crippen LogP contribution >= 0.6 is 27.5 Å². The van der Waals surface area contributed by atoms with E-state index in [1.807, 2.05) is 0 Å². The second kappa shape index (κ2) is 3.57. The van der Waals surface area contributed by atoms with E-state index >= 15 is 0 Å². The van der Waals surface area contributed by atoms with Crippen molar-refractivity contribution in [3.63, 3.8) is 0 Å². The molecule has 13 heavy (non-hydrogen) atoms. The van der Waals surface area contributed by atoms with Gasteiger partial charge in [0.15, 0.2) is 0 Å². The van der Waals surface area contributed by atoms with Crippen LogP contribution in [0.2, 0.25) is 5.02 Å². The van der Waals surface area contributed by atoms with E-state index in [1.54, 1.807) is 6.92 Å². The van der Waals surface area contributed by atoms with Crippen molar-refractivity contribution in [2.45, 2.75) is 11.8 Å². The maximum absolute atomic E-state index is 10.7. The van der Waals surface area contributed by atoms with Crippen LogP contribution in [0.5, 0.6) is 0 Å². The minimum absolute atomic E-state index is 0.213. The molecule has 1 aromatic rings. The quantitative estimate of drug-likeness (QED) is 0.807. The monoisotopic (exact) mass is 284 g/mol. The molecule has 0 aromatic heterocycles. The number of hydrogen-bond donors (Lipinski definition) is 1. The highest BCUT2D eigenvalue weighted by atomic mass is 79.9. The second-order valence-electron chi connectivity index (χ2n) is 2.49. The highest BCUT2D eigenvalue weighted by Gasteiger charge is 2.13. The van der Waals surface area contributed by atoms with Crippen LogP contribution in [0.4, 0.5) is 0 Å². The summed E-state index contributed by atoms with van der Waals surface area (Å²) in [5, 5.41) is 0.294. The predicted molar refractivity (Wildman–Crippen MR) is 53.7 cm³/mol. The van der Waals surface area contributed by atoms with Crippen molar-refractivity contribution in [3.8, 4) is 0 Å². The molecule has 0 fully saturated rings. The van der Waals surface area contributed by atoms with Crippen LogP contribution in [0.15, 0.2) is 21.5 Å². The SMILES string of the molecule is Cc1c(Cl)cc(S(=O)(=O)O)cc1Br. The van der Waals surface area contributed by atoms with Crippen molar-refractivity contribution in [3.05, 3.63) is 27.2 Å². The van der Waals surface area contributed by atoms with Crippen molar-refractivity contribution < 1.29 is 13.0 Å². The second-order valence-corrected chi connectivity index (χ2v) is 5.17. The third-order valence-electron chi connectivity index (χ3n) is 1.55. The predicted octanol–water partition coefficient (Wildman–Crippen LogP) is 2.66. The van der Waals surface area contributed by atoms with Gasteiger partial charge in [-0.2, -0.15) is 8.42 Å². The van der Waals surface area contributed by atoms with Crippen molar-refractivity contribution in [2.75, 3.05) is 0 Å². The smallest absolute Gasteiger partial charge is 0.282 e. The van der Waals surface area contributed by atoms with Gasteiger partial charge in [-0.25, -0.2) is 0 Å². The van der Waals surface area contributed by atoms with Crippen LogP contribution in [0, 0.1) is 6.92 Å². The number of hydrogen-bond acceptors (Lipinski definition) is 2. The summed E-state index contributed by atoms with van der Waals surface area (Å²) in [5.74, 6) is 0. The molecule has 0 bridgehead atoms. The first-order valence-corrected chi connectivity index (χ1v) is 5.86. The van der Waals surface area contributed by atoms with Crippen molar-refractivity contribution in [1.29, 1.82) is 0 Å². The highest BCUT2D eigenvalue weighted by molar-refractivity contribution is 9.10. The molecule has 0 aliphatic rings. The van der Waals surface area contributed by atoms with Gasteiger partial charge in [0.05, 0.1) is 4.90 Å². The standard InChI is InChI=1S/C7H6BrClO3S/c1-4-6(8)2-5(3-7(4)9)13(10,11)12/h2-3H,1H3,(H,10,11,12). The van der Waals surface area contributed by atoms with E-state index in [1.165, 1.54) is 12.1 Å². The van der Waals surface area contributed by atoms with Gasteiger partial charge in [0.2, 0.25) is 0 Å². The maximum Gasteiger partial charge on any atom is 0.294 e. The molecule has 0 aliphatic heterocycles. The Labute approximate surface area is 89.6 Å². The van der Waals surface area contributed by atoms with Gasteiger partial charge >= 0.3 is 0 Å². The largest absolute Gasteiger partial charge is 0.294 e. The lowest BCUT2D eigenvalue weighted by Gasteiger charge is -2.03.